The minimum absolute atomic E-state index is 0.00346. The molecule has 0 radical (unpaired) electrons. The predicted molar refractivity (Wildman–Crippen MR) is 88.1 cm³/mol. The number of likely N-dealkylation sites (tertiary alicyclic amines) is 1. The van der Waals surface area contributed by atoms with Crippen LogP contribution < -0.4 is 0 Å². The Kier molecular flexibility index (Phi) is 5.50. The molecule has 2 rings (SSSR count). The van der Waals surface area contributed by atoms with E-state index in [2.05, 4.69) is 6.92 Å². The molecular formula is C16H22ClNO3S. The van der Waals surface area contributed by atoms with Gasteiger partial charge in [0.15, 0.2) is 9.84 Å². The standard InChI is InChI=1S/C16H22ClNO3S/c1-3-22(20,21)13-6-7-15(17)14(11-13)16(19)18-9-4-5-12(2)8-10-18/h6-7,11-12H,3-5,8-10H2,1-2H3/t12-/m0/s1. The van der Waals surface area contributed by atoms with Crippen molar-refractivity contribution in [3.63, 3.8) is 0 Å². The number of carbonyl (C=O) groups excluding carboxylic acids is 1. The smallest absolute Gasteiger partial charge is 0.255 e. The lowest BCUT2D eigenvalue weighted by atomic mass is 10.0. The monoisotopic (exact) mass is 343 g/mol. The number of benzene rings is 1. The van der Waals surface area contributed by atoms with Crippen LogP contribution in [0.15, 0.2) is 23.1 Å². The molecule has 0 unspecified atom stereocenters. The van der Waals surface area contributed by atoms with Crippen LogP contribution in [0.3, 0.4) is 0 Å². The topological polar surface area (TPSA) is 54.5 Å². The highest BCUT2D eigenvalue weighted by Gasteiger charge is 2.23. The van der Waals surface area contributed by atoms with E-state index in [1.807, 2.05) is 0 Å². The van der Waals surface area contributed by atoms with Crippen LogP contribution in [-0.4, -0.2) is 38.1 Å². The summed E-state index contributed by atoms with van der Waals surface area (Å²) >= 11 is 6.13. The lowest BCUT2D eigenvalue weighted by Gasteiger charge is -2.21. The maximum Gasteiger partial charge on any atom is 0.255 e. The summed E-state index contributed by atoms with van der Waals surface area (Å²) in [7, 11) is -3.35. The summed E-state index contributed by atoms with van der Waals surface area (Å²) in [6.45, 7) is 5.17. The lowest BCUT2D eigenvalue weighted by molar-refractivity contribution is 0.0760. The second kappa shape index (κ2) is 7.01. The van der Waals surface area contributed by atoms with Crippen molar-refractivity contribution < 1.29 is 13.2 Å². The summed E-state index contributed by atoms with van der Waals surface area (Å²) < 4.78 is 24.0. The zero-order chi connectivity index (χ0) is 16.3. The molecule has 1 aromatic rings. The molecule has 6 heteroatoms. The zero-order valence-corrected chi connectivity index (χ0v) is 14.6. The third-order valence-corrected chi connectivity index (χ3v) is 6.27. The molecule has 4 nitrogen and oxygen atoms in total. The second-order valence-electron chi connectivity index (χ2n) is 5.87. The average molecular weight is 344 g/mol. The van der Waals surface area contributed by atoms with Crippen LogP contribution in [0.4, 0.5) is 0 Å². The van der Waals surface area contributed by atoms with Gasteiger partial charge in [0, 0.05) is 13.1 Å². The molecule has 1 atom stereocenters. The molecule has 0 spiro atoms. The highest BCUT2D eigenvalue weighted by molar-refractivity contribution is 7.91. The van der Waals surface area contributed by atoms with E-state index in [1.54, 1.807) is 11.8 Å². The molecule has 0 aromatic heterocycles. The van der Waals surface area contributed by atoms with E-state index in [0.717, 1.165) is 19.3 Å². The van der Waals surface area contributed by atoms with E-state index in [-0.39, 0.29) is 22.1 Å². The summed E-state index contributed by atoms with van der Waals surface area (Å²) in [5.74, 6) is 0.441. The van der Waals surface area contributed by atoms with Crippen molar-refractivity contribution in [2.75, 3.05) is 18.8 Å². The minimum atomic E-state index is -3.35. The second-order valence-corrected chi connectivity index (χ2v) is 8.56. The van der Waals surface area contributed by atoms with Crippen LogP contribution in [0.1, 0.15) is 43.5 Å². The van der Waals surface area contributed by atoms with Gasteiger partial charge in [0.1, 0.15) is 0 Å². The van der Waals surface area contributed by atoms with Gasteiger partial charge in [-0.05, 0) is 43.4 Å². The molecule has 0 saturated carbocycles. The fourth-order valence-corrected chi connectivity index (χ4v) is 3.77. The van der Waals surface area contributed by atoms with E-state index >= 15 is 0 Å². The van der Waals surface area contributed by atoms with E-state index < -0.39 is 9.84 Å². The van der Waals surface area contributed by atoms with Gasteiger partial charge in [0.05, 0.1) is 21.2 Å². The number of halogens is 1. The Bertz CT molecular complexity index is 657. The number of nitrogens with zero attached hydrogens (tertiary/aromatic N) is 1. The molecule has 1 aromatic carbocycles. The molecule has 1 saturated heterocycles. The van der Waals surface area contributed by atoms with Crippen molar-refractivity contribution >= 4 is 27.3 Å². The van der Waals surface area contributed by atoms with E-state index in [9.17, 15) is 13.2 Å². The van der Waals surface area contributed by atoms with Gasteiger partial charge in [-0.3, -0.25) is 4.79 Å². The van der Waals surface area contributed by atoms with Crippen LogP contribution in [-0.2, 0) is 9.84 Å². The molecule has 22 heavy (non-hydrogen) atoms. The first-order valence-corrected chi connectivity index (χ1v) is 9.69. The number of hydrogen-bond donors (Lipinski definition) is 0. The number of hydrogen-bond acceptors (Lipinski definition) is 3. The number of rotatable bonds is 3. The molecule has 1 aliphatic rings. The third kappa shape index (κ3) is 3.82. The first-order valence-electron chi connectivity index (χ1n) is 7.66. The van der Waals surface area contributed by atoms with Crippen LogP contribution in [0, 0.1) is 5.92 Å². The third-order valence-electron chi connectivity index (χ3n) is 4.21. The van der Waals surface area contributed by atoms with Crippen molar-refractivity contribution in [3.8, 4) is 0 Å². The SMILES string of the molecule is CCS(=O)(=O)c1ccc(Cl)c(C(=O)N2CCC[C@H](C)CC2)c1. The van der Waals surface area contributed by atoms with Crippen molar-refractivity contribution in [2.45, 2.75) is 38.0 Å². The van der Waals surface area contributed by atoms with Crippen molar-refractivity contribution in [2.24, 2.45) is 5.92 Å². The Morgan fingerprint density at radius 1 is 1.32 bits per heavy atom. The van der Waals surface area contributed by atoms with E-state index in [0.29, 0.717) is 24.0 Å². The Morgan fingerprint density at radius 2 is 2.05 bits per heavy atom. The molecule has 1 amide bonds. The number of sulfone groups is 1. The molecule has 0 N–H and O–H groups in total. The predicted octanol–water partition coefficient (Wildman–Crippen LogP) is 3.40. The van der Waals surface area contributed by atoms with Crippen molar-refractivity contribution in [3.05, 3.63) is 28.8 Å². The van der Waals surface area contributed by atoms with Gasteiger partial charge in [-0.2, -0.15) is 0 Å². The van der Waals surface area contributed by atoms with Crippen LogP contribution in [0.25, 0.3) is 0 Å². The largest absolute Gasteiger partial charge is 0.339 e. The fraction of sp³-hybridized carbons (Fsp3) is 0.562. The van der Waals surface area contributed by atoms with Crippen LogP contribution >= 0.6 is 11.6 Å². The lowest BCUT2D eigenvalue weighted by Crippen LogP contribution is -2.32. The number of carbonyl (C=O) groups is 1. The Labute approximate surface area is 137 Å². The van der Waals surface area contributed by atoms with Gasteiger partial charge in [0.25, 0.3) is 5.91 Å². The van der Waals surface area contributed by atoms with Gasteiger partial charge in [-0.15, -0.1) is 0 Å². The maximum atomic E-state index is 12.7. The quantitative estimate of drug-likeness (QED) is 0.845. The molecular weight excluding hydrogens is 322 g/mol. The Morgan fingerprint density at radius 3 is 2.73 bits per heavy atom. The van der Waals surface area contributed by atoms with Gasteiger partial charge in [-0.1, -0.05) is 25.4 Å². The Hall–Kier alpha value is -1.07. The molecule has 1 heterocycles. The van der Waals surface area contributed by atoms with E-state index in [1.165, 1.54) is 18.2 Å². The Balaban J connectivity index is 2.31. The normalized spacial score (nSPS) is 19.8. The first kappa shape index (κ1) is 17.3. The summed E-state index contributed by atoms with van der Waals surface area (Å²) in [4.78, 5) is 14.6. The highest BCUT2D eigenvalue weighted by atomic mass is 35.5. The summed E-state index contributed by atoms with van der Waals surface area (Å²) in [5.41, 5.74) is 0.283. The molecule has 1 fully saturated rings. The number of amides is 1. The summed E-state index contributed by atoms with van der Waals surface area (Å²) in [6.07, 6.45) is 3.05. The maximum absolute atomic E-state index is 12.7. The first-order chi connectivity index (χ1) is 10.3. The summed E-state index contributed by atoms with van der Waals surface area (Å²) in [6, 6.07) is 4.37. The fourth-order valence-electron chi connectivity index (χ4n) is 2.66. The van der Waals surface area contributed by atoms with Crippen LogP contribution in [0.5, 0.6) is 0 Å². The van der Waals surface area contributed by atoms with Crippen molar-refractivity contribution in [1.82, 2.24) is 4.90 Å². The van der Waals surface area contributed by atoms with Crippen molar-refractivity contribution in [1.29, 1.82) is 0 Å². The van der Waals surface area contributed by atoms with Gasteiger partial charge in [0.2, 0.25) is 0 Å². The zero-order valence-electron chi connectivity index (χ0n) is 13.0. The molecule has 0 aliphatic carbocycles. The molecule has 0 bridgehead atoms. The molecule has 1 aliphatic heterocycles. The highest BCUT2D eigenvalue weighted by Crippen LogP contribution is 2.25. The van der Waals surface area contributed by atoms with Crippen LogP contribution in [0.2, 0.25) is 5.02 Å². The van der Waals surface area contributed by atoms with Gasteiger partial charge >= 0.3 is 0 Å². The molecule has 122 valence electrons. The minimum Gasteiger partial charge on any atom is -0.339 e. The van der Waals surface area contributed by atoms with E-state index in [4.69, 9.17) is 11.6 Å². The summed E-state index contributed by atoms with van der Waals surface area (Å²) in [5, 5.41) is 0.303. The average Bonchev–Trinajstić information content (AvgIpc) is 2.71. The van der Waals surface area contributed by atoms with Gasteiger partial charge in [-0.25, -0.2) is 8.42 Å². The van der Waals surface area contributed by atoms with Gasteiger partial charge < -0.3 is 4.90 Å².